The van der Waals surface area contributed by atoms with Crippen LogP contribution in [0.4, 0.5) is 10.5 Å². The van der Waals surface area contributed by atoms with Crippen LogP contribution in [0.1, 0.15) is 25.3 Å². The Morgan fingerprint density at radius 3 is 2.42 bits per heavy atom. The van der Waals surface area contributed by atoms with Crippen molar-refractivity contribution in [1.29, 1.82) is 0 Å². The number of piperidine rings is 1. The van der Waals surface area contributed by atoms with E-state index in [1.54, 1.807) is 29.2 Å². The van der Waals surface area contributed by atoms with Crippen molar-refractivity contribution in [1.82, 2.24) is 15.5 Å². The lowest BCUT2D eigenvalue weighted by Gasteiger charge is -2.33. The Morgan fingerprint density at radius 1 is 1.06 bits per heavy atom. The minimum absolute atomic E-state index is 0.0465. The number of halogens is 1. The first-order chi connectivity index (χ1) is 14.9. The summed E-state index contributed by atoms with van der Waals surface area (Å²) in [5, 5.41) is 9.17. The number of carbonyl (C=O) groups excluding carboxylic acids is 3. The van der Waals surface area contributed by atoms with E-state index in [2.05, 4.69) is 16.0 Å². The molecule has 0 aliphatic carbocycles. The van der Waals surface area contributed by atoms with Gasteiger partial charge in [-0.15, -0.1) is 0 Å². The predicted octanol–water partition coefficient (Wildman–Crippen LogP) is 3.20. The van der Waals surface area contributed by atoms with E-state index in [1.807, 2.05) is 30.3 Å². The number of carbonyl (C=O) groups is 3. The maximum absolute atomic E-state index is 12.8. The van der Waals surface area contributed by atoms with Crippen molar-refractivity contribution in [3.63, 3.8) is 0 Å². The van der Waals surface area contributed by atoms with Gasteiger partial charge in [-0.3, -0.25) is 9.59 Å². The number of likely N-dealkylation sites (tertiary alicyclic amines) is 1. The van der Waals surface area contributed by atoms with Crippen LogP contribution in [0.25, 0.3) is 0 Å². The molecule has 3 rings (SSSR count). The molecule has 7 nitrogen and oxygen atoms in total. The van der Waals surface area contributed by atoms with Crippen molar-refractivity contribution in [2.24, 2.45) is 0 Å². The van der Waals surface area contributed by atoms with Gasteiger partial charge in [-0.25, -0.2) is 4.79 Å². The number of urea groups is 1. The van der Waals surface area contributed by atoms with Gasteiger partial charge >= 0.3 is 6.03 Å². The number of nitrogens with one attached hydrogen (secondary N) is 3. The lowest BCUT2D eigenvalue weighted by molar-refractivity contribution is -0.128. The van der Waals surface area contributed by atoms with E-state index in [9.17, 15) is 14.4 Å². The topological polar surface area (TPSA) is 90.5 Å². The van der Waals surface area contributed by atoms with Crippen LogP contribution < -0.4 is 16.0 Å². The molecule has 0 aromatic heterocycles. The van der Waals surface area contributed by atoms with Gasteiger partial charge in [0.15, 0.2) is 0 Å². The SMILES string of the molecule is CC(=O)N[C@@H](Cc1ccccc1)C(=O)NC1CCN(C(=O)Nc2cccc(Cl)c2)CC1. The number of amides is 4. The zero-order valence-electron chi connectivity index (χ0n) is 17.4. The van der Waals surface area contributed by atoms with Crippen LogP contribution in [0.5, 0.6) is 0 Å². The molecule has 0 spiro atoms. The summed E-state index contributed by atoms with van der Waals surface area (Å²) < 4.78 is 0. The molecule has 0 unspecified atom stereocenters. The predicted molar refractivity (Wildman–Crippen MR) is 121 cm³/mol. The molecule has 3 N–H and O–H groups in total. The molecule has 0 bridgehead atoms. The summed E-state index contributed by atoms with van der Waals surface area (Å²) in [5.41, 5.74) is 1.62. The molecule has 164 valence electrons. The van der Waals surface area contributed by atoms with Gasteiger partial charge in [-0.05, 0) is 36.6 Å². The number of hydrogen-bond donors (Lipinski definition) is 3. The second-order valence-electron chi connectivity index (χ2n) is 7.65. The third-order valence-electron chi connectivity index (χ3n) is 5.18. The highest BCUT2D eigenvalue weighted by molar-refractivity contribution is 6.30. The average molecular weight is 443 g/mol. The lowest BCUT2D eigenvalue weighted by Crippen LogP contribution is -2.53. The molecule has 1 saturated heterocycles. The Morgan fingerprint density at radius 2 is 1.77 bits per heavy atom. The van der Waals surface area contributed by atoms with Crippen LogP contribution in [-0.2, 0) is 16.0 Å². The van der Waals surface area contributed by atoms with E-state index in [-0.39, 0.29) is 23.9 Å². The van der Waals surface area contributed by atoms with Crippen molar-refractivity contribution in [3.05, 3.63) is 65.2 Å². The molecule has 1 atom stereocenters. The second kappa shape index (κ2) is 10.8. The molecular weight excluding hydrogens is 416 g/mol. The van der Waals surface area contributed by atoms with Crippen molar-refractivity contribution >= 4 is 35.1 Å². The summed E-state index contributed by atoms with van der Waals surface area (Å²) in [5.74, 6) is -0.454. The highest BCUT2D eigenvalue weighted by atomic mass is 35.5. The van der Waals surface area contributed by atoms with Gasteiger partial charge in [0, 0.05) is 43.2 Å². The number of hydrogen-bond acceptors (Lipinski definition) is 3. The Hall–Kier alpha value is -3.06. The maximum atomic E-state index is 12.8. The first kappa shape index (κ1) is 22.6. The highest BCUT2D eigenvalue weighted by Gasteiger charge is 2.27. The number of nitrogens with zero attached hydrogens (tertiary/aromatic N) is 1. The molecule has 4 amide bonds. The van der Waals surface area contributed by atoms with Gasteiger partial charge < -0.3 is 20.9 Å². The molecule has 8 heteroatoms. The molecule has 31 heavy (non-hydrogen) atoms. The van der Waals surface area contributed by atoms with E-state index in [0.29, 0.717) is 43.1 Å². The third-order valence-corrected chi connectivity index (χ3v) is 5.42. The molecule has 1 aliphatic heterocycles. The number of rotatable bonds is 6. The summed E-state index contributed by atoms with van der Waals surface area (Å²) in [4.78, 5) is 38.6. The number of benzene rings is 2. The monoisotopic (exact) mass is 442 g/mol. The third kappa shape index (κ3) is 7.00. The number of anilines is 1. The Labute approximate surface area is 187 Å². The van der Waals surface area contributed by atoms with Crippen molar-refractivity contribution in [3.8, 4) is 0 Å². The van der Waals surface area contributed by atoms with Crippen LogP contribution in [0.15, 0.2) is 54.6 Å². The minimum Gasteiger partial charge on any atom is -0.351 e. The van der Waals surface area contributed by atoms with Crippen molar-refractivity contribution in [2.45, 2.75) is 38.3 Å². The van der Waals surface area contributed by atoms with Crippen LogP contribution in [0.2, 0.25) is 5.02 Å². The summed E-state index contributed by atoms with van der Waals surface area (Å²) in [6.07, 6.45) is 1.72. The Bertz CT molecular complexity index is 914. The van der Waals surface area contributed by atoms with Gasteiger partial charge in [-0.1, -0.05) is 48.0 Å². The molecular formula is C23H27ClN4O3. The molecule has 2 aromatic carbocycles. The molecule has 1 aliphatic rings. The molecule has 0 radical (unpaired) electrons. The summed E-state index contributed by atoms with van der Waals surface area (Å²) in [6, 6.07) is 15.7. The summed E-state index contributed by atoms with van der Waals surface area (Å²) in [7, 11) is 0. The van der Waals surface area contributed by atoms with Crippen LogP contribution in [0, 0.1) is 0 Å². The van der Waals surface area contributed by atoms with Gasteiger partial charge in [0.1, 0.15) is 6.04 Å². The van der Waals surface area contributed by atoms with Gasteiger partial charge in [0.05, 0.1) is 0 Å². The fourth-order valence-electron chi connectivity index (χ4n) is 3.60. The fraction of sp³-hybridized carbons (Fsp3) is 0.348. The maximum Gasteiger partial charge on any atom is 0.321 e. The standard InChI is InChI=1S/C23H27ClN4O3/c1-16(29)25-21(14-17-6-3-2-4-7-17)22(30)26-19-10-12-28(13-11-19)23(31)27-20-9-5-8-18(24)15-20/h2-9,15,19,21H,10-14H2,1H3,(H,25,29)(H,26,30)(H,27,31)/t21-/m0/s1. The molecule has 2 aromatic rings. The molecule has 1 fully saturated rings. The first-order valence-corrected chi connectivity index (χ1v) is 10.7. The van der Waals surface area contributed by atoms with Crippen molar-refractivity contribution in [2.75, 3.05) is 18.4 Å². The van der Waals surface area contributed by atoms with E-state index in [0.717, 1.165) is 5.56 Å². The van der Waals surface area contributed by atoms with Crippen LogP contribution >= 0.6 is 11.6 Å². The molecule has 0 saturated carbocycles. The minimum atomic E-state index is -0.635. The zero-order valence-corrected chi connectivity index (χ0v) is 18.2. The van der Waals surface area contributed by atoms with E-state index >= 15 is 0 Å². The zero-order chi connectivity index (χ0) is 22.2. The van der Waals surface area contributed by atoms with E-state index in [4.69, 9.17) is 11.6 Å². The van der Waals surface area contributed by atoms with Gasteiger partial charge in [0.25, 0.3) is 0 Å². The largest absolute Gasteiger partial charge is 0.351 e. The average Bonchev–Trinajstić information content (AvgIpc) is 2.74. The lowest BCUT2D eigenvalue weighted by atomic mass is 10.0. The summed E-state index contributed by atoms with van der Waals surface area (Å²) >= 11 is 5.96. The van der Waals surface area contributed by atoms with Crippen LogP contribution in [-0.4, -0.2) is 47.9 Å². The van der Waals surface area contributed by atoms with E-state index in [1.165, 1.54) is 6.92 Å². The summed E-state index contributed by atoms with van der Waals surface area (Å²) in [6.45, 7) is 2.46. The van der Waals surface area contributed by atoms with E-state index < -0.39 is 6.04 Å². The van der Waals surface area contributed by atoms with Crippen molar-refractivity contribution < 1.29 is 14.4 Å². The van der Waals surface area contributed by atoms with Crippen LogP contribution in [0.3, 0.4) is 0 Å². The van der Waals surface area contributed by atoms with Gasteiger partial charge in [0.2, 0.25) is 11.8 Å². The Balaban J connectivity index is 1.50. The fourth-order valence-corrected chi connectivity index (χ4v) is 3.79. The second-order valence-corrected chi connectivity index (χ2v) is 8.09. The smallest absolute Gasteiger partial charge is 0.321 e. The highest BCUT2D eigenvalue weighted by Crippen LogP contribution is 2.17. The quantitative estimate of drug-likeness (QED) is 0.641. The first-order valence-electron chi connectivity index (χ1n) is 10.3. The Kier molecular flexibility index (Phi) is 7.89. The molecule has 1 heterocycles. The van der Waals surface area contributed by atoms with Gasteiger partial charge in [-0.2, -0.15) is 0 Å². The normalized spacial score (nSPS) is 15.1.